The molecule has 2 heteroatoms. The average Bonchev–Trinajstić information content (AvgIpc) is 2.40. The van der Waals surface area contributed by atoms with Crippen LogP contribution in [0.15, 0.2) is 12.2 Å². The number of rotatable bonds is 4. The zero-order valence-corrected chi connectivity index (χ0v) is 11.4. The Kier molecular flexibility index (Phi) is 4.47. The van der Waals surface area contributed by atoms with Gasteiger partial charge in [-0.15, -0.1) is 0 Å². The summed E-state index contributed by atoms with van der Waals surface area (Å²) < 4.78 is 0. The molecule has 2 aliphatic rings. The van der Waals surface area contributed by atoms with Crippen molar-refractivity contribution >= 4 is 5.97 Å². The van der Waals surface area contributed by atoms with E-state index in [1.807, 2.05) is 0 Å². The molecule has 2 aliphatic carbocycles. The first-order valence-corrected chi connectivity index (χ1v) is 7.55. The van der Waals surface area contributed by atoms with Gasteiger partial charge in [-0.3, -0.25) is 4.79 Å². The number of hydrogen-bond acceptors (Lipinski definition) is 1. The third kappa shape index (κ3) is 2.96. The number of carboxylic acid groups (broad SMARTS) is 1. The highest BCUT2D eigenvalue weighted by molar-refractivity contribution is 5.75. The zero-order chi connectivity index (χ0) is 13.0. The summed E-state index contributed by atoms with van der Waals surface area (Å²) in [6.07, 6.45) is 12.2. The highest BCUT2D eigenvalue weighted by Crippen LogP contribution is 2.44. The van der Waals surface area contributed by atoms with Crippen molar-refractivity contribution in [3.8, 4) is 0 Å². The van der Waals surface area contributed by atoms with Crippen LogP contribution in [-0.4, -0.2) is 11.1 Å². The van der Waals surface area contributed by atoms with E-state index in [-0.39, 0.29) is 0 Å². The predicted octanol–water partition coefficient (Wildman–Crippen LogP) is 4.55. The van der Waals surface area contributed by atoms with E-state index in [1.54, 1.807) is 0 Å². The van der Waals surface area contributed by atoms with Gasteiger partial charge in [0.15, 0.2) is 0 Å². The molecule has 0 amide bonds. The van der Waals surface area contributed by atoms with Gasteiger partial charge in [-0.2, -0.15) is 0 Å². The molecule has 0 aromatic carbocycles. The molecule has 0 saturated heterocycles. The van der Waals surface area contributed by atoms with Crippen molar-refractivity contribution in [1.82, 2.24) is 0 Å². The summed E-state index contributed by atoms with van der Waals surface area (Å²) in [5, 5.41) is 9.59. The van der Waals surface area contributed by atoms with Crippen molar-refractivity contribution in [2.75, 3.05) is 0 Å². The van der Waals surface area contributed by atoms with Gasteiger partial charge in [0.2, 0.25) is 0 Å². The maximum absolute atomic E-state index is 11.7. The topological polar surface area (TPSA) is 37.3 Å². The standard InChI is InChI=1S/C16H26O2/c1-13(14-8-4-2-5-9-14)12-16(15(17)18)10-6-3-7-11-16/h14H,1-12H2,(H,17,18). The maximum atomic E-state index is 11.7. The first-order valence-electron chi connectivity index (χ1n) is 7.55. The quantitative estimate of drug-likeness (QED) is 0.743. The summed E-state index contributed by atoms with van der Waals surface area (Å²) in [6, 6.07) is 0. The van der Waals surface area contributed by atoms with E-state index in [0.717, 1.165) is 32.1 Å². The van der Waals surface area contributed by atoms with Crippen LogP contribution in [0.3, 0.4) is 0 Å². The molecule has 0 bridgehead atoms. The molecule has 0 atom stereocenters. The lowest BCUT2D eigenvalue weighted by Crippen LogP contribution is -2.34. The number of carboxylic acids is 1. The summed E-state index contributed by atoms with van der Waals surface area (Å²) in [5.41, 5.74) is 0.742. The summed E-state index contributed by atoms with van der Waals surface area (Å²) >= 11 is 0. The molecule has 0 aromatic rings. The fraction of sp³-hybridized carbons (Fsp3) is 0.812. The van der Waals surface area contributed by atoms with Crippen LogP contribution in [0, 0.1) is 11.3 Å². The minimum Gasteiger partial charge on any atom is -0.481 e. The molecule has 1 N–H and O–H groups in total. The van der Waals surface area contributed by atoms with Crippen molar-refractivity contribution in [3.63, 3.8) is 0 Å². The van der Waals surface area contributed by atoms with Gasteiger partial charge in [0.05, 0.1) is 5.41 Å². The number of hydrogen-bond donors (Lipinski definition) is 1. The van der Waals surface area contributed by atoms with Gasteiger partial charge < -0.3 is 5.11 Å². The van der Waals surface area contributed by atoms with Crippen LogP contribution in [0.2, 0.25) is 0 Å². The number of aliphatic carboxylic acids is 1. The fourth-order valence-corrected chi connectivity index (χ4v) is 3.78. The van der Waals surface area contributed by atoms with E-state index in [0.29, 0.717) is 5.92 Å². The highest BCUT2D eigenvalue weighted by Gasteiger charge is 2.40. The van der Waals surface area contributed by atoms with Crippen LogP contribution in [0.5, 0.6) is 0 Å². The second-order valence-electron chi connectivity index (χ2n) is 6.32. The van der Waals surface area contributed by atoms with Gasteiger partial charge in [-0.1, -0.05) is 50.7 Å². The molecule has 0 aromatic heterocycles. The predicted molar refractivity (Wildman–Crippen MR) is 73.5 cm³/mol. The van der Waals surface area contributed by atoms with E-state index in [2.05, 4.69) is 6.58 Å². The molecule has 102 valence electrons. The minimum absolute atomic E-state index is 0.479. The first-order chi connectivity index (χ1) is 8.64. The summed E-state index contributed by atoms with van der Waals surface area (Å²) in [6.45, 7) is 4.24. The van der Waals surface area contributed by atoms with E-state index < -0.39 is 11.4 Å². The molecule has 2 nitrogen and oxygen atoms in total. The monoisotopic (exact) mass is 250 g/mol. The maximum Gasteiger partial charge on any atom is 0.309 e. The first kappa shape index (κ1) is 13.6. The molecule has 18 heavy (non-hydrogen) atoms. The molecule has 2 rings (SSSR count). The lowest BCUT2D eigenvalue weighted by Gasteiger charge is -2.36. The molecule has 0 radical (unpaired) electrons. The Morgan fingerprint density at radius 1 is 1.06 bits per heavy atom. The van der Waals surface area contributed by atoms with Crippen molar-refractivity contribution in [1.29, 1.82) is 0 Å². The Bertz CT molecular complexity index is 307. The molecule has 0 spiro atoms. The van der Waals surface area contributed by atoms with E-state index in [1.165, 1.54) is 44.1 Å². The largest absolute Gasteiger partial charge is 0.481 e. The van der Waals surface area contributed by atoms with Crippen LogP contribution in [0.1, 0.15) is 70.6 Å². The van der Waals surface area contributed by atoms with Gasteiger partial charge in [0.25, 0.3) is 0 Å². The second-order valence-corrected chi connectivity index (χ2v) is 6.32. The molecule has 0 unspecified atom stereocenters. The Labute approximate surface area is 110 Å². The Hall–Kier alpha value is -0.790. The van der Waals surface area contributed by atoms with Crippen molar-refractivity contribution in [3.05, 3.63) is 12.2 Å². The number of carbonyl (C=O) groups is 1. The molecule has 0 heterocycles. The molecule has 0 aliphatic heterocycles. The minimum atomic E-state index is -0.584. The Morgan fingerprint density at radius 3 is 2.17 bits per heavy atom. The average molecular weight is 250 g/mol. The van der Waals surface area contributed by atoms with Gasteiger partial charge >= 0.3 is 5.97 Å². The van der Waals surface area contributed by atoms with Crippen molar-refractivity contribution in [2.45, 2.75) is 70.6 Å². The van der Waals surface area contributed by atoms with E-state index in [9.17, 15) is 9.90 Å². The van der Waals surface area contributed by atoms with Gasteiger partial charge in [-0.25, -0.2) is 0 Å². The smallest absolute Gasteiger partial charge is 0.309 e. The molecular formula is C16H26O2. The summed E-state index contributed by atoms with van der Waals surface area (Å²) in [5.74, 6) is 0.0102. The summed E-state index contributed by atoms with van der Waals surface area (Å²) in [7, 11) is 0. The van der Waals surface area contributed by atoms with Crippen LogP contribution in [0.25, 0.3) is 0 Å². The fourth-order valence-electron chi connectivity index (χ4n) is 3.78. The molecule has 2 fully saturated rings. The van der Waals surface area contributed by atoms with E-state index >= 15 is 0 Å². The highest BCUT2D eigenvalue weighted by atomic mass is 16.4. The third-order valence-electron chi connectivity index (χ3n) is 5.01. The van der Waals surface area contributed by atoms with Crippen molar-refractivity contribution in [2.24, 2.45) is 11.3 Å². The molecule has 2 saturated carbocycles. The second kappa shape index (κ2) is 5.90. The zero-order valence-electron chi connectivity index (χ0n) is 11.4. The lowest BCUT2D eigenvalue weighted by atomic mass is 9.68. The van der Waals surface area contributed by atoms with Crippen LogP contribution in [0.4, 0.5) is 0 Å². The normalized spacial score (nSPS) is 24.7. The SMILES string of the molecule is C=C(CC1(C(=O)O)CCCCC1)C1CCCCC1. The lowest BCUT2D eigenvalue weighted by molar-refractivity contribution is -0.151. The third-order valence-corrected chi connectivity index (χ3v) is 5.01. The van der Waals surface area contributed by atoms with Crippen LogP contribution < -0.4 is 0 Å². The summed E-state index contributed by atoms with van der Waals surface area (Å²) in [4.78, 5) is 11.7. The van der Waals surface area contributed by atoms with Gasteiger partial charge in [0, 0.05) is 0 Å². The van der Waals surface area contributed by atoms with Gasteiger partial charge in [0.1, 0.15) is 0 Å². The van der Waals surface area contributed by atoms with E-state index in [4.69, 9.17) is 0 Å². The Morgan fingerprint density at radius 2 is 1.61 bits per heavy atom. The van der Waals surface area contributed by atoms with Gasteiger partial charge in [-0.05, 0) is 38.0 Å². The van der Waals surface area contributed by atoms with Crippen molar-refractivity contribution < 1.29 is 9.90 Å². The number of allylic oxidation sites excluding steroid dienone is 1. The Balaban J connectivity index is 1.99. The van der Waals surface area contributed by atoms with Crippen LogP contribution >= 0.6 is 0 Å². The molecular weight excluding hydrogens is 224 g/mol. The van der Waals surface area contributed by atoms with Crippen LogP contribution in [-0.2, 0) is 4.79 Å².